The molecule has 0 atom stereocenters. The molecule has 0 saturated carbocycles. The van der Waals surface area contributed by atoms with Crippen LogP contribution in [0.5, 0.6) is 0 Å². The Morgan fingerprint density at radius 3 is 2.88 bits per heavy atom. The van der Waals surface area contributed by atoms with Crippen LogP contribution in [-0.4, -0.2) is 10.2 Å². The summed E-state index contributed by atoms with van der Waals surface area (Å²) in [5.41, 5.74) is 0.830. The minimum absolute atomic E-state index is 0.230. The lowest BCUT2D eigenvalue weighted by Gasteiger charge is -1.94. The molecule has 0 N–H and O–H groups in total. The van der Waals surface area contributed by atoms with Crippen LogP contribution in [0.1, 0.15) is 5.56 Å². The lowest BCUT2D eigenvalue weighted by atomic mass is 10.2. The lowest BCUT2D eigenvalue weighted by molar-refractivity contribution is 0.627. The van der Waals surface area contributed by atoms with Crippen molar-refractivity contribution in [3.8, 4) is 0 Å². The summed E-state index contributed by atoms with van der Waals surface area (Å²) in [6.07, 6.45) is 3.46. The van der Waals surface area contributed by atoms with Crippen molar-refractivity contribution in [2.24, 2.45) is 0 Å². The Morgan fingerprint density at radius 1 is 1.19 bits per heavy atom. The van der Waals surface area contributed by atoms with E-state index in [0.29, 0.717) is 0 Å². The van der Waals surface area contributed by atoms with Crippen molar-refractivity contribution in [1.82, 2.24) is 10.2 Å². The average molecular weight is 232 g/mol. The van der Waals surface area contributed by atoms with E-state index in [0.717, 1.165) is 10.6 Å². The van der Waals surface area contributed by atoms with E-state index >= 15 is 0 Å². The Labute approximate surface area is 97.2 Å². The molecule has 0 aliphatic rings. The minimum Gasteiger partial charge on any atom is -0.207 e. The first-order valence-corrected chi connectivity index (χ1v) is 5.59. The zero-order valence-corrected chi connectivity index (χ0v) is 9.19. The number of hydrogen-bond donors (Lipinski definition) is 0. The minimum atomic E-state index is -0.230. The summed E-state index contributed by atoms with van der Waals surface area (Å²) < 4.78 is 12.9. The van der Waals surface area contributed by atoms with Gasteiger partial charge < -0.3 is 0 Å². The third-order valence-electron chi connectivity index (χ3n) is 1.85. The molecule has 4 heteroatoms. The third-order valence-corrected chi connectivity index (χ3v) is 2.58. The Bertz CT molecular complexity index is 485. The van der Waals surface area contributed by atoms with Crippen LogP contribution < -0.4 is 0 Å². The van der Waals surface area contributed by atoms with E-state index in [9.17, 15) is 4.39 Å². The van der Waals surface area contributed by atoms with Crippen molar-refractivity contribution in [3.05, 3.63) is 59.4 Å². The van der Waals surface area contributed by atoms with E-state index < -0.39 is 0 Å². The Hall–Kier alpha value is -1.68. The molecule has 80 valence electrons. The van der Waals surface area contributed by atoms with Gasteiger partial charge in [0.15, 0.2) is 0 Å². The molecular formula is C12H9FN2S. The maximum atomic E-state index is 12.9. The molecule has 1 aromatic heterocycles. The van der Waals surface area contributed by atoms with Crippen molar-refractivity contribution < 1.29 is 4.39 Å². The molecule has 0 aliphatic heterocycles. The smallest absolute Gasteiger partial charge is 0.123 e. The van der Waals surface area contributed by atoms with Crippen molar-refractivity contribution in [3.63, 3.8) is 0 Å². The second kappa shape index (κ2) is 5.42. The van der Waals surface area contributed by atoms with Gasteiger partial charge >= 0.3 is 0 Å². The Balaban J connectivity index is 2.00. The first-order valence-electron chi connectivity index (χ1n) is 4.71. The van der Waals surface area contributed by atoms with E-state index in [-0.39, 0.29) is 5.82 Å². The summed E-state index contributed by atoms with van der Waals surface area (Å²) in [5.74, 6) is -0.230. The highest BCUT2D eigenvalue weighted by Crippen LogP contribution is 2.16. The molecule has 1 heterocycles. The van der Waals surface area contributed by atoms with Gasteiger partial charge in [-0.3, -0.25) is 0 Å². The van der Waals surface area contributed by atoms with Crippen LogP contribution in [0.4, 0.5) is 4.39 Å². The zero-order valence-electron chi connectivity index (χ0n) is 8.38. The number of thioether (sulfide) groups is 1. The monoisotopic (exact) mass is 232 g/mol. The van der Waals surface area contributed by atoms with E-state index in [2.05, 4.69) is 10.2 Å². The summed E-state index contributed by atoms with van der Waals surface area (Å²) in [5, 5.41) is 10.3. The molecule has 0 spiro atoms. The van der Waals surface area contributed by atoms with Gasteiger partial charge in [-0.2, -0.15) is 5.10 Å². The Kier molecular flexibility index (Phi) is 3.66. The second-order valence-electron chi connectivity index (χ2n) is 3.04. The van der Waals surface area contributed by atoms with Gasteiger partial charge in [-0.1, -0.05) is 23.9 Å². The average Bonchev–Trinajstić information content (AvgIpc) is 2.30. The normalized spacial score (nSPS) is 10.8. The van der Waals surface area contributed by atoms with E-state index in [1.165, 1.54) is 23.9 Å². The molecule has 0 bridgehead atoms. The molecule has 0 unspecified atom stereocenters. The number of halogens is 1. The summed E-state index contributed by atoms with van der Waals surface area (Å²) in [7, 11) is 0. The number of aromatic nitrogens is 2. The van der Waals surface area contributed by atoms with Crippen LogP contribution in [0.15, 0.2) is 53.0 Å². The number of hydrogen-bond acceptors (Lipinski definition) is 3. The van der Waals surface area contributed by atoms with Gasteiger partial charge in [0, 0.05) is 6.20 Å². The first-order chi connectivity index (χ1) is 7.84. The standard InChI is InChI=1S/C12H9FN2S/c13-11-4-1-3-10(9-11)6-8-16-12-5-2-7-14-15-12/h1-9H/b8-6+. The fourth-order valence-corrected chi connectivity index (χ4v) is 1.76. The molecule has 2 rings (SSSR count). The van der Waals surface area contributed by atoms with Gasteiger partial charge in [0.1, 0.15) is 10.8 Å². The number of nitrogens with zero attached hydrogens (tertiary/aromatic N) is 2. The predicted molar refractivity (Wildman–Crippen MR) is 63.3 cm³/mol. The first kappa shape index (κ1) is 10.8. The van der Waals surface area contributed by atoms with Crippen molar-refractivity contribution in [2.45, 2.75) is 5.03 Å². The van der Waals surface area contributed by atoms with Crippen LogP contribution >= 0.6 is 11.8 Å². The molecular weight excluding hydrogens is 223 g/mol. The van der Waals surface area contributed by atoms with Gasteiger partial charge in [-0.25, -0.2) is 4.39 Å². The predicted octanol–water partition coefficient (Wildman–Crippen LogP) is 3.38. The summed E-state index contributed by atoms with van der Waals surface area (Å²) in [4.78, 5) is 0. The molecule has 0 aliphatic carbocycles. The van der Waals surface area contributed by atoms with E-state index in [1.807, 2.05) is 29.7 Å². The highest BCUT2D eigenvalue weighted by Gasteiger charge is 1.92. The summed E-state index contributed by atoms with van der Waals surface area (Å²) >= 11 is 1.44. The van der Waals surface area contributed by atoms with Gasteiger partial charge in [-0.15, -0.1) is 5.10 Å². The van der Waals surface area contributed by atoms with Gasteiger partial charge in [-0.05, 0) is 41.3 Å². The van der Waals surface area contributed by atoms with Gasteiger partial charge in [0.05, 0.1) is 0 Å². The maximum Gasteiger partial charge on any atom is 0.123 e. The molecule has 0 amide bonds. The van der Waals surface area contributed by atoms with Crippen LogP contribution in [0.2, 0.25) is 0 Å². The molecule has 0 radical (unpaired) electrons. The maximum absolute atomic E-state index is 12.9. The van der Waals surface area contributed by atoms with Crippen LogP contribution in [0.3, 0.4) is 0 Å². The molecule has 2 aromatic rings. The molecule has 0 saturated heterocycles. The molecule has 2 nitrogen and oxygen atoms in total. The van der Waals surface area contributed by atoms with E-state index in [4.69, 9.17) is 0 Å². The molecule has 16 heavy (non-hydrogen) atoms. The summed E-state index contributed by atoms with van der Waals surface area (Å²) in [6, 6.07) is 10.1. The third kappa shape index (κ3) is 3.17. The quantitative estimate of drug-likeness (QED) is 0.759. The lowest BCUT2D eigenvalue weighted by Crippen LogP contribution is -1.79. The fourth-order valence-electron chi connectivity index (χ4n) is 1.14. The topological polar surface area (TPSA) is 25.8 Å². The van der Waals surface area contributed by atoms with E-state index in [1.54, 1.807) is 12.3 Å². The highest BCUT2D eigenvalue weighted by molar-refractivity contribution is 8.02. The van der Waals surface area contributed by atoms with Crippen molar-refractivity contribution in [2.75, 3.05) is 0 Å². The molecule has 1 aromatic carbocycles. The summed E-state index contributed by atoms with van der Waals surface area (Å²) in [6.45, 7) is 0. The second-order valence-corrected chi connectivity index (χ2v) is 3.96. The highest BCUT2D eigenvalue weighted by atomic mass is 32.2. The van der Waals surface area contributed by atoms with Crippen LogP contribution in [0.25, 0.3) is 6.08 Å². The van der Waals surface area contributed by atoms with Gasteiger partial charge in [0.2, 0.25) is 0 Å². The zero-order chi connectivity index (χ0) is 11.2. The fraction of sp³-hybridized carbons (Fsp3) is 0. The van der Waals surface area contributed by atoms with Gasteiger partial charge in [0.25, 0.3) is 0 Å². The Morgan fingerprint density at radius 2 is 2.12 bits per heavy atom. The largest absolute Gasteiger partial charge is 0.207 e. The van der Waals surface area contributed by atoms with Crippen molar-refractivity contribution >= 4 is 17.8 Å². The number of rotatable bonds is 3. The van der Waals surface area contributed by atoms with Crippen molar-refractivity contribution in [1.29, 1.82) is 0 Å². The number of benzene rings is 1. The molecule has 0 fully saturated rings. The van der Waals surface area contributed by atoms with Crippen LogP contribution in [0, 0.1) is 5.82 Å². The SMILES string of the molecule is Fc1cccc(/C=C/Sc2cccnn2)c1. The van der Waals surface area contributed by atoms with Crippen LogP contribution in [-0.2, 0) is 0 Å².